The van der Waals surface area contributed by atoms with Gasteiger partial charge in [0.25, 0.3) is 0 Å². The predicted molar refractivity (Wildman–Crippen MR) is 50.0 cm³/mol. The highest BCUT2D eigenvalue weighted by Crippen LogP contribution is 2.19. The van der Waals surface area contributed by atoms with Gasteiger partial charge in [-0.25, -0.2) is 9.97 Å². The molecular weight excluding hydrogens is 162 g/mol. The monoisotopic (exact) mass is 175 g/mol. The minimum atomic E-state index is -0.195. The third kappa shape index (κ3) is 2.25. The van der Waals surface area contributed by atoms with E-state index in [-0.39, 0.29) is 11.8 Å². The van der Waals surface area contributed by atoms with E-state index in [1.54, 1.807) is 6.20 Å². The Morgan fingerprint density at radius 3 is 2.62 bits per heavy atom. The van der Waals surface area contributed by atoms with E-state index in [1.165, 1.54) is 0 Å². The second-order valence-corrected chi connectivity index (χ2v) is 3.41. The summed E-state index contributed by atoms with van der Waals surface area (Å²) in [4.78, 5) is 8.33. The second-order valence-electron chi connectivity index (χ2n) is 3.41. The molecule has 1 unspecified atom stereocenters. The van der Waals surface area contributed by atoms with Crippen molar-refractivity contribution in [3.8, 4) is 6.07 Å². The quantitative estimate of drug-likeness (QED) is 0.691. The average Bonchev–Trinajstić information content (AvgIpc) is 2.04. The maximum Gasteiger partial charge on any atom is 0.145 e. The smallest absolute Gasteiger partial charge is 0.145 e. The summed E-state index contributed by atoms with van der Waals surface area (Å²) in [5.74, 6) is 0.698. The second kappa shape index (κ2) is 3.99. The van der Waals surface area contributed by atoms with Gasteiger partial charge in [0, 0.05) is 11.9 Å². The Hall–Kier alpha value is -1.43. The van der Waals surface area contributed by atoms with Crippen LogP contribution < -0.4 is 0 Å². The molecule has 13 heavy (non-hydrogen) atoms. The van der Waals surface area contributed by atoms with E-state index in [9.17, 15) is 0 Å². The topological polar surface area (TPSA) is 49.6 Å². The molecule has 3 heteroatoms. The van der Waals surface area contributed by atoms with Crippen LogP contribution in [0.2, 0.25) is 0 Å². The van der Waals surface area contributed by atoms with Gasteiger partial charge in [-0.15, -0.1) is 0 Å². The summed E-state index contributed by atoms with van der Waals surface area (Å²) in [6.07, 6.45) is 1.70. The Morgan fingerprint density at radius 2 is 2.15 bits per heavy atom. The average molecular weight is 175 g/mol. The van der Waals surface area contributed by atoms with Crippen molar-refractivity contribution < 1.29 is 0 Å². The summed E-state index contributed by atoms with van der Waals surface area (Å²) in [6.45, 7) is 5.90. The maximum atomic E-state index is 8.91. The van der Waals surface area contributed by atoms with Gasteiger partial charge in [-0.2, -0.15) is 5.26 Å². The van der Waals surface area contributed by atoms with Crippen LogP contribution in [0.15, 0.2) is 12.3 Å². The highest BCUT2D eigenvalue weighted by atomic mass is 14.9. The molecule has 0 fully saturated rings. The third-order valence-electron chi connectivity index (χ3n) is 1.90. The minimum absolute atomic E-state index is 0.195. The maximum absolute atomic E-state index is 8.91. The fourth-order valence-electron chi connectivity index (χ4n) is 1.12. The fourth-order valence-corrected chi connectivity index (χ4v) is 1.12. The molecule has 0 aromatic carbocycles. The van der Waals surface area contributed by atoms with E-state index < -0.39 is 0 Å². The molecule has 1 aromatic heterocycles. The Balaban J connectivity index is 3.00. The zero-order valence-electron chi connectivity index (χ0n) is 8.15. The summed E-state index contributed by atoms with van der Waals surface area (Å²) in [5.41, 5.74) is 0.908. The molecule has 0 aliphatic heterocycles. The van der Waals surface area contributed by atoms with E-state index in [4.69, 9.17) is 5.26 Å². The van der Waals surface area contributed by atoms with E-state index in [2.05, 4.69) is 16.0 Å². The van der Waals surface area contributed by atoms with E-state index in [0.29, 0.717) is 5.82 Å². The molecule has 0 bridgehead atoms. The molecule has 1 rings (SSSR count). The van der Waals surface area contributed by atoms with Crippen molar-refractivity contribution in [2.75, 3.05) is 0 Å². The Labute approximate surface area is 78.5 Å². The summed E-state index contributed by atoms with van der Waals surface area (Å²) >= 11 is 0. The lowest BCUT2D eigenvalue weighted by molar-refractivity contribution is 0.560. The van der Waals surface area contributed by atoms with E-state index in [0.717, 1.165) is 5.69 Å². The molecule has 1 heterocycles. The van der Waals surface area contributed by atoms with Crippen molar-refractivity contribution in [1.82, 2.24) is 9.97 Å². The number of aryl methyl sites for hydroxylation is 1. The molecule has 0 aliphatic rings. The Bertz CT molecular complexity index is 325. The molecule has 0 aliphatic carbocycles. The van der Waals surface area contributed by atoms with Crippen molar-refractivity contribution in [1.29, 1.82) is 5.26 Å². The SMILES string of the molecule is Cc1ccnc(C(C#N)C(C)C)n1. The first kappa shape index (κ1) is 9.66. The molecule has 68 valence electrons. The zero-order valence-corrected chi connectivity index (χ0v) is 8.15. The summed E-state index contributed by atoms with van der Waals surface area (Å²) < 4.78 is 0. The lowest BCUT2D eigenvalue weighted by atomic mass is 9.97. The van der Waals surface area contributed by atoms with Crippen LogP contribution in [-0.4, -0.2) is 9.97 Å². The molecule has 0 N–H and O–H groups in total. The number of hydrogen-bond acceptors (Lipinski definition) is 3. The normalized spacial score (nSPS) is 12.5. The number of nitrogens with zero attached hydrogens (tertiary/aromatic N) is 3. The van der Waals surface area contributed by atoms with Crippen molar-refractivity contribution in [2.24, 2.45) is 5.92 Å². The van der Waals surface area contributed by atoms with Gasteiger partial charge < -0.3 is 0 Å². The molecule has 0 spiro atoms. The first-order chi connectivity index (χ1) is 6.15. The molecule has 3 nitrogen and oxygen atoms in total. The van der Waals surface area contributed by atoms with Crippen LogP contribution in [0, 0.1) is 24.2 Å². The first-order valence-electron chi connectivity index (χ1n) is 4.34. The summed E-state index contributed by atoms with van der Waals surface area (Å²) in [7, 11) is 0. The number of hydrogen-bond donors (Lipinski definition) is 0. The summed E-state index contributed by atoms with van der Waals surface area (Å²) in [6, 6.07) is 4.05. The Morgan fingerprint density at radius 1 is 1.46 bits per heavy atom. The Kier molecular flexibility index (Phi) is 2.97. The highest BCUT2D eigenvalue weighted by Gasteiger charge is 2.17. The molecule has 0 amide bonds. The number of nitriles is 1. The van der Waals surface area contributed by atoms with Crippen molar-refractivity contribution in [2.45, 2.75) is 26.7 Å². The van der Waals surface area contributed by atoms with Gasteiger partial charge in [-0.1, -0.05) is 13.8 Å². The summed E-state index contributed by atoms with van der Waals surface area (Å²) in [5, 5.41) is 8.91. The van der Waals surface area contributed by atoms with Crippen LogP contribution in [-0.2, 0) is 0 Å². The fraction of sp³-hybridized carbons (Fsp3) is 0.500. The van der Waals surface area contributed by atoms with Crippen molar-refractivity contribution in [3.63, 3.8) is 0 Å². The largest absolute Gasteiger partial charge is 0.240 e. The van der Waals surface area contributed by atoms with E-state index in [1.807, 2.05) is 26.8 Å². The van der Waals surface area contributed by atoms with Gasteiger partial charge in [0.1, 0.15) is 11.7 Å². The van der Waals surface area contributed by atoms with E-state index >= 15 is 0 Å². The molecule has 0 saturated heterocycles. The van der Waals surface area contributed by atoms with Gasteiger partial charge in [0.2, 0.25) is 0 Å². The van der Waals surface area contributed by atoms with Crippen LogP contribution in [0.4, 0.5) is 0 Å². The highest BCUT2D eigenvalue weighted by molar-refractivity contribution is 5.11. The molecular formula is C10H13N3. The molecule has 0 radical (unpaired) electrons. The van der Waals surface area contributed by atoms with Crippen LogP contribution in [0.1, 0.15) is 31.3 Å². The molecule has 1 aromatic rings. The minimum Gasteiger partial charge on any atom is -0.240 e. The molecule has 0 saturated carbocycles. The zero-order chi connectivity index (χ0) is 9.84. The standard InChI is InChI=1S/C10H13N3/c1-7(2)9(6-11)10-12-5-4-8(3)13-10/h4-5,7,9H,1-3H3. The van der Waals surface area contributed by atoms with Gasteiger partial charge in [0.15, 0.2) is 0 Å². The lowest BCUT2D eigenvalue weighted by Crippen LogP contribution is -2.09. The van der Waals surface area contributed by atoms with Crippen LogP contribution in [0.25, 0.3) is 0 Å². The third-order valence-corrected chi connectivity index (χ3v) is 1.90. The van der Waals surface area contributed by atoms with Crippen LogP contribution >= 0.6 is 0 Å². The van der Waals surface area contributed by atoms with Crippen LogP contribution in [0.5, 0.6) is 0 Å². The number of aromatic nitrogens is 2. The van der Waals surface area contributed by atoms with Gasteiger partial charge in [-0.05, 0) is 18.9 Å². The van der Waals surface area contributed by atoms with Gasteiger partial charge in [-0.3, -0.25) is 0 Å². The first-order valence-corrected chi connectivity index (χ1v) is 4.34. The van der Waals surface area contributed by atoms with Crippen molar-refractivity contribution in [3.05, 3.63) is 23.8 Å². The number of rotatable bonds is 2. The van der Waals surface area contributed by atoms with Crippen LogP contribution in [0.3, 0.4) is 0 Å². The predicted octanol–water partition coefficient (Wildman–Crippen LogP) is 2.05. The van der Waals surface area contributed by atoms with Gasteiger partial charge >= 0.3 is 0 Å². The van der Waals surface area contributed by atoms with Crippen molar-refractivity contribution >= 4 is 0 Å². The van der Waals surface area contributed by atoms with Gasteiger partial charge in [0.05, 0.1) is 6.07 Å². The molecule has 1 atom stereocenters. The lowest BCUT2D eigenvalue weighted by Gasteiger charge is -2.10.